The minimum Gasteiger partial charge on any atom is -0.478 e. The number of aromatic nitrogens is 3. The zero-order valence-electron chi connectivity index (χ0n) is 9.59. The molecule has 0 unspecified atom stereocenters. The molecule has 0 aliphatic rings. The molecule has 2 N–H and O–H groups in total. The highest BCUT2D eigenvalue weighted by atomic mass is 79.9. The second-order valence-corrected chi connectivity index (χ2v) is 4.57. The number of aryl methyl sites for hydroxylation is 1. The van der Waals surface area contributed by atoms with E-state index in [1.165, 1.54) is 6.07 Å². The molecule has 94 valence electrons. The van der Waals surface area contributed by atoms with Crippen LogP contribution in [0.4, 0.5) is 5.82 Å². The van der Waals surface area contributed by atoms with E-state index in [0.717, 1.165) is 5.69 Å². The number of anilines is 1. The number of carbonyl (C=O) groups is 1. The van der Waals surface area contributed by atoms with Gasteiger partial charge in [0, 0.05) is 23.9 Å². The van der Waals surface area contributed by atoms with Crippen LogP contribution in [0.1, 0.15) is 16.1 Å². The van der Waals surface area contributed by atoms with Gasteiger partial charge in [-0.1, -0.05) is 0 Å². The minimum absolute atomic E-state index is 0.131. The molecule has 0 spiro atoms. The summed E-state index contributed by atoms with van der Waals surface area (Å²) in [5.41, 5.74) is 1.07. The van der Waals surface area contributed by atoms with Crippen molar-refractivity contribution in [3.8, 4) is 0 Å². The van der Waals surface area contributed by atoms with Gasteiger partial charge in [-0.3, -0.25) is 4.68 Å². The summed E-state index contributed by atoms with van der Waals surface area (Å²) >= 11 is 3.20. The van der Waals surface area contributed by atoms with Gasteiger partial charge < -0.3 is 10.4 Å². The van der Waals surface area contributed by atoms with Crippen LogP contribution in [-0.4, -0.2) is 25.8 Å². The highest BCUT2D eigenvalue weighted by molar-refractivity contribution is 9.10. The molecule has 7 heteroatoms. The molecular weight excluding hydrogens is 300 g/mol. The Kier molecular flexibility index (Phi) is 3.61. The fourth-order valence-electron chi connectivity index (χ4n) is 1.49. The Morgan fingerprint density at radius 3 is 3.00 bits per heavy atom. The third-order valence-electron chi connectivity index (χ3n) is 2.44. The summed E-state index contributed by atoms with van der Waals surface area (Å²) < 4.78 is 2.35. The first-order valence-electron chi connectivity index (χ1n) is 5.17. The summed E-state index contributed by atoms with van der Waals surface area (Å²) in [5, 5.41) is 16.1. The van der Waals surface area contributed by atoms with Crippen LogP contribution in [0.3, 0.4) is 0 Å². The third kappa shape index (κ3) is 2.67. The Labute approximate surface area is 112 Å². The Bertz CT molecular complexity index is 582. The van der Waals surface area contributed by atoms with E-state index in [-0.39, 0.29) is 5.56 Å². The largest absolute Gasteiger partial charge is 0.478 e. The van der Waals surface area contributed by atoms with Gasteiger partial charge in [0.05, 0.1) is 12.2 Å². The SMILES string of the molecule is Cn1nccc1CNc1ncc(Br)cc1C(=O)O. The van der Waals surface area contributed by atoms with Crippen molar-refractivity contribution in [3.05, 3.63) is 40.3 Å². The number of rotatable bonds is 4. The maximum Gasteiger partial charge on any atom is 0.339 e. The van der Waals surface area contributed by atoms with Crippen molar-refractivity contribution in [3.63, 3.8) is 0 Å². The lowest BCUT2D eigenvalue weighted by molar-refractivity contribution is 0.0697. The first-order valence-corrected chi connectivity index (χ1v) is 5.97. The molecule has 0 saturated carbocycles. The summed E-state index contributed by atoms with van der Waals surface area (Å²) in [4.78, 5) is 15.1. The minimum atomic E-state index is -1.02. The Hall–Kier alpha value is -1.89. The smallest absolute Gasteiger partial charge is 0.339 e. The van der Waals surface area contributed by atoms with Gasteiger partial charge in [0.2, 0.25) is 0 Å². The molecule has 2 aromatic heterocycles. The number of nitrogens with zero attached hydrogens (tertiary/aromatic N) is 3. The number of hydrogen-bond acceptors (Lipinski definition) is 4. The molecule has 18 heavy (non-hydrogen) atoms. The van der Waals surface area contributed by atoms with Crippen molar-refractivity contribution in [1.29, 1.82) is 0 Å². The molecule has 2 rings (SSSR count). The van der Waals surface area contributed by atoms with Crippen molar-refractivity contribution in [1.82, 2.24) is 14.8 Å². The summed E-state index contributed by atoms with van der Waals surface area (Å²) in [6, 6.07) is 3.37. The molecule has 0 saturated heterocycles. The van der Waals surface area contributed by atoms with Gasteiger partial charge in [0.1, 0.15) is 11.4 Å². The fourth-order valence-corrected chi connectivity index (χ4v) is 1.82. The normalized spacial score (nSPS) is 10.3. The van der Waals surface area contributed by atoms with Crippen LogP contribution in [0.25, 0.3) is 0 Å². The van der Waals surface area contributed by atoms with E-state index in [0.29, 0.717) is 16.8 Å². The van der Waals surface area contributed by atoms with Gasteiger partial charge in [0.15, 0.2) is 0 Å². The van der Waals surface area contributed by atoms with Crippen LogP contribution >= 0.6 is 15.9 Å². The van der Waals surface area contributed by atoms with Gasteiger partial charge in [-0.15, -0.1) is 0 Å². The van der Waals surface area contributed by atoms with Crippen molar-refractivity contribution in [2.24, 2.45) is 7.05 Å². The number of pyridine rings is 1. The number of nitrogens with one attached hydrogen (secondary N) is 1. The molecule has 0 aromatic carbocycles. The average molecular weight is 311 g/mol. The van der Waals surface area contributed by atoms with E-state index in [1.54, 1.807) is 17.1 Å². The topological polar surface area (TPSA) is 80.0 Å². The summed E-state index contributed by atoms with van der Waals surface area (Å²) in [5.74, 6) is -0.678. The lowest BCUT2D eigenvalue weighted by atomic mass is 10.2. The summed E-state index contributed by atoms with van der Waals surface area (Å²) in [6.45, 7) is 0.464. The van der Waals surface area contributed by atoms with Crippen molar-refractivity contribution in [2.45, 2.75) is 6.54 Å². The second kappa shape index (κ2) is 5.18. The number of halogens is 1. The lowest BCUT2D eigenvalue weighted by Crippen LogP contribution is -2.10. The van der Waals surface area contributed by atoms with Crippen molar-refractivity contribution in [2.75, 3.05) is 5.32 Å². The van der Waals surface area contributed by atoms with Crippen LogP contribution < -0.4 is 5.32 Å². The molecule has 0 atom stereocenters. The monoisotopic (exact) mass is 310 g/mol. The van der Waals surface area contributed by atoms with E-state index in [1.807, 2.05) is 13.1 Å². The predicted octanol–water partition coefficient (Wildman–Crippen LogP) is 1.89. The van der Waals surface area contributed by atoms with E-state index >= 15 is 0 Å². The number of aromatic carboxylic acids is 1. The highest BCUT2D eigenvalue weighted by Crippen LogP contribution is 2.18. The Balaban J connectivity index is 2.19. The third-order valence-corrected chi connectivity index (χ3v) is 2.88. The van der Waals surface area contributed by atoms with Crippen molar-refractivity contribution >= 4 is 27.7 Å². The van der Waals surface area contributed by atoms with Gasteiger partial charge in [-0.25, -0.2) is 9.78 Å². The molecule has 2 heterocycles. The van der Waals surface area contributed by atoms with Gasteiger partial charge in [-0.2, -0.15) is 5.10 Å². The number of hydrogen-bond donors (Lipinski definition) is 2. The standard InChI is InChI=1S/C11H11BrN4O2/c1-16-8(2-3-15-16)6-14-10-9(11(17)18)4-7(12)5-13-10/h2-5H,6H2,1H3,(H,13,14)(H,17,18). The molecule has 0 aliphatic carbocycles. The lowest BCUT2D eigenvalue weighted by Gasteiger charge is -2.08. The van der Waals surface area contributed by atoms with Crippen LogP contribution in [0, 0.1) is 0 Å². The Morgan fingerprint density at radius 2 is 2.39 bits per heavy atom. The van der Waals surface area contributed by atoms with Gasteiger partial charge >= 0.3 is 5.97 Å². The maximum atomic E-state index is 11.1. The van der Waals surface area contributed by atoms with Crippen molar-refractivity contribution < 1.29 is 9.90 Å². The van der Waals surface area contributed by atoms with E-state index < -0.39 is 5.97 Å². The molecule has 0 amide bonds. The number of carboxylic acid groups (broad SMARTS) is 1. The van der Waals surface area contributed by atoms with E-state index in [9.17, 15) is 4.79 Å². The second-order valence-electron chi connectivity index (χ2n) is 3.65. The quantitative estimate of drug-likeness (QED) is 0.901. The molecule has 0 aliphatic heterocycles. The van der Waals surface area contributed by atoms with E-state index in [4.69, 9.17) is 5.11 Å². The molecule has 2 aromatic rings. The highest BCUT2D eigenvalue weighted by Gasteiger charge is 2.12. The first-order chi connectivity index (χ1) is 8.58. The van der Waals surface area contributed by atoms with Crippen LogP contribution in [0.5, 0.6) is 0 Å². The zero-order valence-corrected chi connectivity index (χ0v) is 11.2. The molecule has 0 fully saturated rings. The predicted molar refractivity (Wildman–Crippen MR) is 69.4 cm³/mol. The van der Waals surface area contributed by atoms with E-state index in [2.05, 4.69) is 31.3 Å². The molecular formula is C11H11BrN4O2. The van der Waals surface area contributed by atoms with Gasteiger partial charge in [0.25, 0.3) is 0 Å². The molecule has 6 nitrogen and oxygen atoms in total. The first kappa shape index (κ1) is 12.6. The Morgan fingerprint density at radius 1 is 1.61 bits per heavy atom. The van der Waals surface area contributed by atoms with Gasteiger partial charge in [-0.05, 0) is 28.1 Å². The number of carboxylic acids is 1. The van der Waals surface area contributed by atoms with Crippen LogP contribution in [0.2, 0.25) is 0 Å². The summed E-state index contributed by atoms with van der Waals surface area (Å²) in [6.07, 6.45) is 3.24. The average Bonchev–Trinajstić information content (AvgIpc) is 2.73. The molecule has 0 radical (unpaired) electrons. The van der Waals surface area contributed by atoms with Crippen LogP contribution in [0.15, 0.2) is 29.0 Å². The fraction of sp³-hybridized carbons (Fsp3) is 0.182. The zero-order chi connectivity index (χ0) is 13.1. The molecule has 0 bridgehead atoms. The van der Waals surface area contributed by atoms with Crippen LogP contribution in [-0.2, 0) is 13.6 Å². The summed E-state index contributed by atoms with van der Waals surface area (Å²) in [7, 11) is 1.82. The maximum absolute atomic E-state index is 11.1.